The molecule has 0 radical (unpaired) electrons. The largest absolute Gasteiger partial charge is 0.468 e. The average Bonchev–Trinajstić information content (AvgIpc) is 3.14. The minimum absolute atomic E-state index is 0.0581. The van der Waals surface area contributed by atoms with E-state index in [1.807, 2.05) is 0 Å². The summed E-state index contributed by atoms with van der Waals surface area (Å²) >= 11 is 0.860. The third-order valence-corrected chi connectivity index (χ3v) is 5.12. The molecule has 0 saturated carbocycles. The number of halogens is 3. The molecule has 0 N–H and O–H groups in total. The smallest absolute Gasteiger partial charge is 0.325 e. The highest BCUT2D eigenvalue weighted by Crippen LogP contribution is 2.29. The van der Waals surface area contributed by atoms with E-state index in [4.69, 9.17) is 0 Å². The van der Waals surface area contributed by atoms with Crippen molar-refractivity contribution in [2.24, 2.45) is 0 Å². The summed E-state index contributed by atoms with van der Waals surface area (Å²) in [5, 5.41) is 0.290. The second-order valence-corrected chi connectivity index (χ2v) is 6.91. The van der Waals surface area contributed by atoms with E-state index in [2.05, 4.69) is 9.72 Å². The van der Waals surface area contributed by atoms with E-state index in [0.29, 0.717) is 11.8 Å². The molecule has 3 rings (SSSR count). The number of nitrogens with zero attached hydrogens (tertiary/aromatic N) is 2. The highest BCUT2D eigenvalue weighted by atomic mass is 32.1. The van der Waals surface area contributed by atoms with Crippen LogP contribution in [0.4, 0.5) is 18.9 Å². The predicted octanol–water partition coefficient (Wildman–Crippen LogP) is 3.85. The maximum Gasteiger partial charge on any atom is 0.325 e. The van der Waals surface area contributed by atoms with Gasteiger partial charge >= 0.3 is 5.97 Å². The van der Waals surface area contributed by atoms with Crippen LogP contribution in [-0.2, 0) is 20.7 Å². The lowest BCUT2D eigenvalue weighted by Gasteiger charge is -2.21. The Kier molecular flexibility index (Phi) is 5.93. The summed E-state index contributed by atoms with van der Waals surface area (Å²) in [6, 6.07) is 9.03. The minimum Gasteiger partial charge on any atom is -0.468 e. The van der Waals surface area contributed by atoms with Gasteiger partial charge < -0.3 is 9.64 Å². The Morgan fingerprint density at radius 3 is 2.54 bits per heavy atom. The van der Waals surface area contributed by atoms with Crippen LogP contribution in [0.5, 0.6) is 0 Å². The molecule has 28 heavy (non-hydrogen) atoms. The molecule has 0 spiro atoms. The van der Waals surface area contributed by atoms with Gasteiger partial charge in [0.2, 0.25) is 5.91 Å². The first-order valence-corrected chi connectivity index (χ1v) is 9.07. The number of carbonyl (C=O) groups is 2. The zero-order valence-corrected chi connectivity index (χ0v) is 15.6. The summed E-state index contributed by atoms with van der Waals surface area (Å²) in [4.78, 5) is 29.5. The van der Waals surface area contributed by atoms with Gasteiger partial charge in [0.1, 0.15) is 17.9 Å². The summed E-state index contributed by atoms with van der Waals surface area (Å²) in [5.41, 5.74) is 0.126. The van der Waals surface area contributed by atoms with Crippen LogP contribution >= 0.6 is 11.3 Å². The molecule has 0 aliphatic rings. The number of fused-ring (bicyclic) bond motifs is 1. The van der Waals surface area contributed by atoms with Gasteiger partial charge in [0.15, 0.2) is 11.6 Å². The van der Waals surface area contributed by atoms with Crippen LogP contribution in [0.2, 0.25) is 0 Å². The zero-order valence-electron chi connectivity index (χ0n) is 14.7. The Labute approximate surface area is 162 Å². The molecule has 146 valence electrons. The molecule has 0 fully saturated rings. The highest BCUT2D eigenvalue weighted by Gasteiger charge is 2.21. The van der Waals surface area contributed by atoms with Gasteiger partial charge in [0, 0.05) is 24.6 Å². The molecule has 0 aliphatic heterocycles. The van der Waals surface area contributed by atoms with Crippen LogP contribution in [0.15, 0.2) is 36.4 Å². The third-order valence-electron chi connectivity index (χ3n) is 4.00. The van der Waals surface area contributed by atoms with Gasteiger partial charge in [0.25, 0.3) is 0 Å². The van der Waals surface area contributed by atoms with E-state index < -0.39 is 23.4 Å². The molecule has 0 saturated heterocycles. The molecule has 0 bridgehead atoms. The van der Waals surface area contributed by atoms with Gasteiger partial charge in [-0.3, -0.25) is 9.59 Å². The number of carbonyl (C=O) groups excluding carboxylic acids is 2. The number of aromatic nitrogens is 1. The van der Waals surface area contributed by atoms with Crippen molar-refractivity contribution in [2.75, 3.05) is 18.6 Å². The van der Waals surface area contributed by atoms with Gasteiger partial charge in [-0.1, -0.05) is 18.2 Å². The number of rotatable bonds is 6. The third kappa shape index (κ3) is 4.14. The maximum absolute atomic E-state index is 13.8. The Bertz CT molecular complexity index is 1020. The van der Waals surface area contributed by atoms with E-state index in [-0.39, 0.29) is 40.5 Å². The first-order chi connectivity index (χ1) is 13.4. The number of anilines is 1. The summed E-state index contributed by atoms with van der Waals surface area (Å²) < 4.78 is 45.5. The molecule has 0 unspecified atom stereocenters. The van der Waals surface area contributed by atoms with Gasteiger partial charge in [-0.2, -0.15) is 0 Å². The van der Waals surface area contributed by atoms with Gasteiger partial charge in [-0.25, -0.2) is 18.2 Å². The standard InChI is InChI=1S/C19H15F3N2O3S/c1-27-16(26)10-24(11-5-3-2-4-6-11)15(25)8-7-14-23-18-17(22)12(20)9-13(21)19(18)28-14/h2-6,9H,7-8,10H2,1H3. The molecule has 5 nitrogen and oxygen atoms in total. The average molecular weight is 408 g/mol. The topological polar surface area (TPSA) is 59.5 Å². The summed E-state index contributed by atoms with van der Waals surface area (Å²) in [6.07, 6.45) is 0.0284. The number of thiazole rings is 1. The number of esters is 1. The second kappa shape index (κ2) is 8.39. The Hall–Kier alpha value is -2.94. The lowest BCUT2D eigenvalue weighted by molar-refractivity contribution is -0.140. The number of aryl methyl sites for hydroxylation is 1. The maximum atomic E-state index is 13.8. The quantitative estimate of drug-likeness (QED) is 0.459. The van der Waals surface area contributed by atoms with Crippen LogP contribution < -0.4 is 4.90 Å². The number of methoxy groups -OCH3 is 1. The first kappa shape index (κ1) is 19.8. The van der Waals surface area contributed by atoms with E-state index in [1.165, 1.54) is 12.0 Å². The predicted molar refractivity (Wildman–Crippen MR) is 98.6 cm³/mol. The van der Waals surface area contributed by atoms with Crippen LogP contribution in [0.1, 0.15) is 11.4 Å². The molecule has 0 aliphatic carbocycles. The molecule has 1 amide bonds. The molecule has 3 aromatic rings. The molecule has 9 heteroatoms. The summed E-state index contributed by atoms with van der Waals surface area (Å²) in [6.45, 7) is -0.270. The molecular formula is C19H15F3N2O3S. The fraction of sp³-hybridized carbons (Fsp3) is 0.211. The van der Waals surface area contributed by atoms with Crippen LogP contribution in [0, 0.1) is 17.5 Å². The van der Waals surface area contributed by atoms with Crippen LogP contribution in [0.25, 0.3) is 10.2 Å². The zero-order chi connectivity index (χ0) is 20.3. The monoisotopic (exact) mass is 408 g/mol. The van der Waals surface area contributed by atoms with Gasteiger partial charge in [-0.15, -0.1) is 11.3 Å². The molecular weight excluding hydrogens is 393 g/mol. The van der Waals surface area contributed by atoms with Crippen molar-refractivity contribution in [3.8, 4) is 0 Å². The van der Waals surface area contributed by atoms with E-state index in [0.717, 1.165) is 11.3 Å². The van der Waals surface area contributed by atoms with E-state index >= 15 is 0 Å². The van der Waals surface area contributed by atoms with Crippen molar-refractivity contribution in [2.45, 2.75) is 12.8 Å². The van der Waals surface area contributed by atoms with E-state index in [9.17, 15) is 22.8 Å². The van der Waals surface area contributed by atoms with Crippen LogP contribution in [0.3, 0.4) is 0 Å². The van der Waals surface area contributed by atoms with Gasteiger partial charge in [0.05, 0.1) is 16.8 Å². The fourth-order valence-electron chi connectivity index (χ4n) is 2.61. The normalized spacial score (nSPS) is 10.9. The molecule has 1 aromatic heterocycles. The number of hydrogen-bond donors (Lipinski definition) is 0. The van der Waals surface area contributed by atoms with E-state index in [1.54, 1.807) is 30.3 Å². The number of ether oxygens (including phenoxy) is 1. The highest BCUT2D eigenvalue weighted by molar-refractivity contribution is 7.18. The van der Waals surface area contributed by atoms with Gasteiger partial charge in [-0.05, 0) is 12.1 Å². The number of hydrogen-bond acceptors (Lipinski definition) is 5. The molecule has 1 heterocycles. The molecule has 2 aromatic carbocycles. The first-order valence-electron chi connectivity index (χ1n) is 8.26. The Morgan fingerprint density at radius 2 is 1.86 bits per heavy atom. The molecule has 0 atom stereocenters. The number of para-hydroxylation sites is 1. The minimum atomic E-state index is -1.31. The lowest BCUT2D eigenvalue weighted by atomic mass is 10.2. The van der Waals surface area contributed by atoms with Crippen molar-refractivity contribution in [1.82, 2.24) is 4.98 Å². The number of benzene rings is 2. The summed E-state index contributed by atoms with van der Waals surface area (Å²) in [7, 11) is 1.22. The van der Waals surface area contributed by atoms with Crippen LogP contribution in [-0.4, -0.2) is 30.5 Å². The summed E-state index contributed by atoms with van der Waals surface area (Å²) in [5.74, 6) is -4.41. The van der Waals surface area contributed by atoms with Crippen molar-refractivity contribution in [3.63, 3.8) is 0 Å². The second-order valence-electron chi connectivity index (χ2n) is 5.83. The van der Waals surface area contributed by atoms with Crippen molar-refractivity contribution < 1.29 is 27.5 Å². The lowest BCUT2D eigenvalue weighted by Crippen LogP contribution is -2.36. The van der Waals surface area contributed by atoms with Crippen molar-refractivity contribution in [1.29, 1.82) is 0 Å². The number of amides is 1. The van der Waals surface area contributed by atoms with Crippen molar-refractivity contribution in [3.05, 3.63) is 58.9 Å². The fourth-order valence-corrected chi connectivity index (χ4v) is 3.57. The van der Waals surface area contributed by atoms with Crippen molar-refractivity contribution >= 4 is 39.1 Å². The SMILES string of the molecule is COC(=O)CN(C(=O)CCc1nc2c(F)c(F)cc(F)c2s1)c1ccccc1. The Morgan fingerprint density at radius 1 is 1.14 bits per heavy atom. The Balaban J connectivity index is 1.79.